The zero-order chi connectivity index (χ0) is 17.9. The first-order valence-electron chi connectivity index (χ1n) is 8.26. The van der Waals surface area contributed by atoms with E-state index in [0.29, 0.717) is 31.9 Å². The van der Waals surface area contributed by atoms with Gasteiger partial charge in [-0.1, -0.05) is 13.8 Å². The third kappa shape index (κ3) is 4.36. The van der Waals surface area contributed by atoms with Gasteiger partial charge in [0.25, 0.3) is 5.91 Å². The molecule has 0 bridgehead atoms. The lowest BCUT2D eigenvalue weighted by molar-refractivity contribution is -0.129. The monoisotopic (exact) mass is 399 g/mol. The molecule has 1 aliphatic rings. The normalized spacial score (nSPS) is 16.3. The summed E-state index contributed by atoms with van der Waals surface area (Å²) in [5.41, 5.74) is 1.38. The van der Waals surface area contributed by atoms with Crippen molar-refractivity contribution in [1.29, 1.82) is 0 Å². The molecule has 2 heterocycles. The number of carbonyl (C=O) groups is 2. The van der Waals surface area contributed by atoms with E-state index in [1.807, 2.05) is 4.90 Å². The average molecular weight is 400 g/mol. The number of amides is 2. The number of nitrogens with zero attached hydrogens (tertiary/aromatic N) is 4. The van der Waals surface area contributed by atoms with E-state index in [0.717, 1.165) is 23.1 Å². The number of likely N-dealkylation sites (N-methyl/N-ethyl adjacent to an activating group) is 1. The largest absolute Gasteiger partial charge is 0.348 e. The van der Waals surface area contributed by atoms with Crippen LogP contribution in [-0.4, -0.2) is 83.5 Å². The van der Waals surface area contributed by atoms with Gasteiger partial charge in [-0.25, -0.2) is 0 Å². The van der Waals surface area contributed by atoms with E-state index < -0.39 is 0 Å². The van der Waals surface area contributed by atoms with Crippen molar-refractivity contribution in [3.63, 3.8) is 0 Å². The Hall–Kier alpha value is -1.41. The Morgan fingerprint density at radius 1 is 1.25 bits per heavy atom. The van der Waals surface area contributed by atoms with Crippen LogP contribution < -0.4 is 0 Å². The van der Waals surface area contributed by atoms with Gasteiger partial charge in [0.15, 0.2) is 5.69 Å². The molecule has 1 aliphatic heterocycles. The summed E-state index contributed by atoms with van der Waals surface area (Å²) in [6.07, 6.45) is 0.853. The van der Waals surface area contributed by atoms with Crippen molar-refractivity contribution in [3.8, 4) is 0 Å². The smallest absolute Gasteiger partial charge is 0.275 e. The fourth-order valence-corrected chi connectivity index (χ4v) is 3.49. The maximum atomic E-state index is 12.8. The Morgan fingerprint density at radius 3 is 2.54 bits per heavy atom. The Bertz CT molecular complexity index is 599. The van der Waals surface area contributed by atoms with Crippen LogP contribution in [0.15, 0.2) is 4.47 Å². The van der Waals surface area contributed by atoms with Crippen LogP contribution in [0.4, 0.5) is 0 Å². The molecule has 24 heavy (non-hydrogen) atoms. The van der Waals surface area contributed by atoms with Crippen molar-refractivity contribution in [2.75, 3.05) is 46.8 Å². The molecule has 0 aromatic carbocycles. The molecule has 2 amide bonds. The van der Waals surface area contributed by atoms with Crippen LogP contribution in [-0.2, 0) is 4.79 Å². The number of H-pyrrole nitrogens is 1. The summed E-state index contributed by atoms with van der Waals surface area (Å²) in [6, 6.07) is 0. The zero-order valence-corrected chi connectivity index (χ0v) is 16.4. The van der Waals surface area contributed by atoms with Gasteiger partial charge in [0.2, 0.25) is 5.91 Å². The number of hydrogen-bond acceptors (Lipinski definition) is 4. The van der Waals surface area contributed by atoms with Gasteiger partial charge in [0, 0.05) is 40.3 Å². The summed E-state index contributed by atoms with van der Waals surface area (Å²) >= 11 is 3.50. The third-order valence-corrected chi connectivity index (χ3v) is 5.05. The molecule has 1 fully saturated rings. The summed E-state index contributed by atoms with van der Waals surface area (Å²) < 4.78 is 0.756. The molecule has 0 radical (unpaired) electrons. The van der Waals surface area contributed by atoms with Gasteiger partial charge in [-0.3, -0.25) is 19.6 Å². The minimum Gasteiger partial charge on any atom is -0.348 e. The summed E-state index contributed by atoms with van der Waals surface area (Å²) in [7, 11) is 3.52. The van der Waals surface area contributed by atoms with E-state index in [4.69, 9.17) is 0 Å². The topological polar surface area (TPSA) is 72.5 Å². The van der Waals surface area contributed by atoms with Crippen LogP contribution in [0.3, 0.4) is 0 Å². The molecular weight excluding hydrogens is 374 g/mol. The van der Waals surface area contributed by atoms with E-state index in [1.165, 1.54) is 0 Å². The van der Waals surface area contributed by atoms with E-state index >= 15 is 0 Å². The van der Waals surface area contributed by atoms with Crippen molar-refractivity contribution in [3.05, 3.63) is 15.9 Å². The second-order valence-corrected chi connectivity index (χ2v) is 7.46. The Kier molecular flexibility index (Phi) is 6.40. The van der Waals surface area contributed by atoms with Crippen LogP contribution in [0.25, 0.3) is 0 Å². The molecule has 1 aromatic rings. The van der Waals surface area contributed by atoms with Crippen LogP contribution >= 0.6 is 15.9 Å². The first-order valence-corrected chi connectivity index (χ1v) is 9.06. The van der Waals surface area contributed by atoms with Gasteiger partial charge in [-0.2, -0.15) is 5.10 Å². The Morgan fingerprint density at radius 2 is 1.96 bits per heavy atom. The molecule has 0 unspecified atom stereocenters. The van der Waals surface area contributed by atoms with E-state index in [2.05, 4.69) is 44.9 Å². The summed E-state index contributed by atoms with van der Waals surface area (Å²) in [6.45, 7) is 7.32. The maximum absolute atomic E-state index is 12.8. The molecule has 7 nitrogen and oxygen atoms in total. The number of halogens is 1. The fraction of sp³-hybridized carbons (Fsp3) is 0.688. The summed E-state index contributed by atoms with van der Waals surface area (Å²) in [5, 5.41) is 7.15. The van der Waals surface area contributed by atoms with Crippen LogP contribution in [0.1, 0.15) is 42.4 Å². The van der Waals surface area contributed by atoms with Crippen LogP contribution in [0.5, 0.6) is 0 Å². The van der Waals surface area contributed by atoms with Gasteiger partial charge < -0.3 is 9.80 Å². The summed E-state index contributed by atoms with van der Waals surface area (Å²) in [4.78, 5) is 30.2. The fourth-order valence-electron chi connectivity index (χ4n) is 2.68. The minimum absolute atomic E-state index is 0.0641. The van der Waals surface area contributed by atoms with Gasteiger partial charge in [-0.15, -0.1) is 0 Å². The number of hydrogen-bond donors (Lipinski definition) is 1. The molecule has 1 saturated heterocycles. The number of nitrogens with one attached hydrogen (secondary N) is 1. The number of aromatic nitrogens is 2. The van der Waals surface area contributed by atoms with Gasteiger partial charge in [-0.05, 0) is 28.3 Å². The van der Waals surface area contributed by atoms with Gasteiger partial charge in [0.05, 0.1) is 16.7 Å². The molecule has 1 N–H and O–H groups in total. The Balaban J connectivity index is 2.01. The highest BCUT2D eigenvalue weighted by Gasteiger charge is 2.26. The highest BCUT2D eigenvalue weighted by Crippen LogP contribution is 2.26. The molecule has 8 heteroatoms. The Labute approximate surface area is 151 Å². The second kappa shape index (κ2) is 8.11. The number of carbonyl (C=O) groups excluding carboxylic acids is 2. The van der Waals surface area contributed by atoms with Gasteiger partial charge >= 0.3 is 0 Å². The lowest BCUT2D eigenvalue weighted by Gasteiger charge is -2.22. The van der Waals surface area contributed by atoms with E-state index in [1.54, 1.807) is 19.0 Å². The molecule has 0 saturated carbocycles. The second-order valence-electron chi connectivity index (χ2n) is 6.66. The van der Waals surface area contributed by atoms with Crippen molar-refractivity contribution in [2.45, 2.75) is 26.2 Å². The lowest BCUT2D eigenvalue weighted by Crippen LogP contribution is -2.39. The predicted molar refractivity (Wildman–Crippen MR) is 96.0 cm³/mol. The van der Waals surface area contributed by atoms with E-state index in [9.17, 15) is 9.59 Å². The van der Waals surface area contributed by atoms with Crippen molar-refractivity contribution < 1.29 is 9.59 Å². The molecular formula is C16H26BrN5O2. The predicted octanol–water partition coefficient (Wildman–Crippen LogP) is 1.53. The van der Waals surface area contributed by atoms with Gasteiger partial charge in [0.1, 0.15) is 0 Å². The first kappa shape index (κ1) is 18.9. The SMILES string of the molecule is CC(C)c1[nH]nc(C(=O)N2CCCN(CC(=O)N(C)C)CC2)c1Br. The van der Waals surface area contributed by atoms with Crippen molar-refractivity contribution in [2.24, 2.45) is 0 Å². The number of aromatic amines is 1. The minimum atomic E-state index is -0.0641. The molecule has 1 aromatic heterocycles. The third-order valence-electron chi connectivity index (χ3n) is 4.25. The van der Waals surface area contributed by atoms with Crippen molar-refractivity contribution in [1.82, 2.24) is 24.9 Å². The lowest BCUT2D eigenvalue weighted by atomic mass is 10.1. The zero-order valence-electron chi connectivity index (χ0n) is 14.8. The molecule has 2 rings (SSSR count). The highest BCUT2D eigenvalue weighted by molar-refractivity contribution is 9.10. The quantitative estimate of drug-likeness (QED) is 0.832. The molecule has 0 aliphatic carbocycles. The highest BCUT2D eigenvalue weighted by atomic mass is 79.9. The standard InChI is InChI=1S/C16H26BrN5O2/c1-11(2)14-13(17)15(19-18-14)16(24)22-7-5-6-21(8-9-22)10-12(23)20(3)4/h11H,5-10H2,1-4H3,(H,18,19). The van der Waals surface area contributed by atoms with E-state index in [-0.39, 0.29) is 17.7 Å². The van der Waals surface area contributed by atoms with Crippen molar-refractivity contribution >= 4 is 27.7 Å². The molecule has 134 valence electrons. The number of rotatable bonds is 4. The average Bonchev–Trinajstić information content (AvgIpc) is 2.75. The van der Waals surface area contributed by atoms with Crippen LogP contribution in [0.2, 0.25) is 0 Å². The summed E-state index contributed by atoms with van der Waals surface area (Å²) in [5.74, 6) is 0.294. The first-order chi connectivity index (χ1) is 11.3. The van der Waals surface area contributed by atoms with Crippen LogP contribution in [0, 0.1) is 0 Å². The maximum Gasteiger partial charge on any atom is 0.275 e. The molecule has 0 spiro atoms. The molecule has 0 atom stereocenters.